The molecule has 0 unspecified atom stereocenters. The maximum Gasteiger partial charge on any atom is 0.418 e. The van der Waals surface area contributed by atoms with Crippen LogP contribution in [0, 0.1) is 5.92 Å². The minimum absolute atomic E-state index is 0.292. The van der Waals surface area contributed by atoms with Gasteiger partial charge in [0.25, 0.3) is 5.91 Å². The van der Waals surface area contributed by atoms with Crippen molar-refractivity contribution in [1.82, 2.24) is 10.2 Å². The van der Waals surface area contributed by atoms with E-state index in [1.54, 1.807) is 0 Å². The second-order valence-corrected chi connectivity index (χ2v) is 7.87. The summed E-state index contributed by atoms with van der Waals surface area (Å²) in [7, 11) is 0. The fourth-order valence-corrected chi connectivity index (χ4v) is 4.17. The molecule has 1 heterocycles. The minimum atomic E-state index is -4.73. The van der Waals surface area contributed by atoms with E-state index in [0.717, 1.165) is 36.3 Å². The number of nitrogens with zero attached hydrogens (tertiary/aromatic N) is 1. The average molecular weight is 432 g/mol. The third-order valence-electron chi connectivity index (χ3n) is 5.67. The molecule has 29 heavy (non-hydrogen) atoms. The molecule has 0 aromatic heterocycles. The lowest BCUT2D eigenvalue weighted by atomic mass is 9.75. The smallest absolute Gasteiger partial charge is 0.323 e. The molecule has 1 saturated carbocycles. The number of urea groups is 1. The largest absolute Gasteiger partial charge is 0.418 e. The third kappa shape index (κ3) is 4.19. The highest BCUT2D eigenvalue weighted by Crippen LogP contribution is 2.39. The van der Waals surface area contributed by atoms with Crippen LogP contribution in [0.3, 0.4) is 0 Å². The van der Waals surface area contributed by atoms with Crippen LogP contribution in [0.15, 0.2) is 18.2 Å². The lowest BCUT2D eigenvalue weighted by Crippen LogP contribution is -2.49. The zero-order chi connectivity index (χ0) is 21.4. The van der Waals surface area contributed by atoms with Crippen LogP contribution in [0.4, 0.5) is 23.7 Å². The van der Waals surface area contributed by atoms with Gasteiger partial charge in [0.15, 0.2) is 0 Å². The van der Waals surface area contributed by atoms with Gasteiger partial charge in [-0.2, -0.15) is 13.2 Å². The highest BCUT2D eigenvalue weighted by Gasteiger charge is 2.52. The first-order valence-electron chi connectivity index (χ1n) is 9.37. The summed E-state index contributed by atoms with van der Waals surface area (Å²) in [6, 6.07) is 2.40. The van der Waals surface area contributed by atoms with Crippen molar-refractivity contribution in [2.45, 2.75) is 50.7 Å². The summed E-state index contributed by atoms with van der Waals surface area (Å²) >= 11 is 5.82. The highest BCUT2D eigenvalue weighted by molar-refractivity contribution is 6.34. The van der Waals surface area contributed by atoms with E-state index in [2.05, 4.69) is 17.6 Å². The van der Waals surface area contributed by atoms with Gasteiger partial charge >= 0.3 is 12.2 Å². The Morgan fingerprint density at radius 1 is 1.31 bits per heavy atom. The van der Waals surface area contributed by atoms with Crippen LogP contribution in [0.5, 0.6) is 0 Å². The van der Waals surface area contributed by atoms with Crippen LogP contribution in [0.25, 0.3) is 0 Å². The van der Waals surface area contributed by atoms with Gasteiger partial charge in [-0.1, -0.05) is 31.0 Å². The Balaban J connectivity index is 1.72. The molecule has 1 aliphatic heterocycles. The zero-order valence-electron chi connectivity index (χ0n) is 15.7. The summed E-state index contributed by atoms with van der Waals surface area (Å²) in [4.78, 5) is 38.2. The maximum atomic E-state index is 13.2. The summed E-state index contributed by atoms with van der Waals surface area (Å²) in [5, 5.41) is 4.49. The molecule has 4 amide bonds. The first-order valence-corrected chi connectivity index (χ1v) is 9.75. The van der Waals surface area contributed by atoms with Gasteiger partial charge in [-0.05, 0) is 43.7 Å². The number of hydrogen-bond donors (Lipinski definition) is 2. The van der Waals surface area contributed by atoms with Gasteiger partial charge in [-0.25, -0.2) is 4.79 Å². The number of hydrogen-bond acceptors (Lipinski definition) is 3. The predicted octanol–water partition coefficient (Wildman–Crippen LogP) is 4.19. The van der Waals surface area contributed by atoms with E-state index in [9.17, 15) is 27.6 Å². The Morgan fingerprint density at radius 3 is 2.55 bits per heavy atom. The van der Waals surface area contributed by atoms with Crippen molar-refractivity contribution < 1.29 is 27.6 Å². The standard InChI is InChI=1S/C19H21ClF3N3O3/c1-2-11-6-8-18(9-7-11)16(28)26(17(29)25-18)10-14(27)24-15-12(19(21,22)23)4-3-5-13(15)20/h3-5,11H,2,6-10H2,1H3,(H,24,27)(H,25,29). The Labute approximate surface area is 170 Å². The van der Waals surface area contributed by atoms with Gasteiger partial charge in [0.05, 0.1) is 16.3 Å². The van der Waals surface area contributed by atoms with E-state index in [-0.39, 0.29) is 5.02 Å². The maximum absolute atomic E-state index is 13.2. The molecule has 2 aliphatic rings. The highest BCUT2D eigenvalue weighted by atomic mass is 35.5. The Hall–Kier alpha value is -2.29. The minimum Gasteiger partial charge on any atom is -0.323 e. The lowest BCUT2D eigenvalue weighted by Gasteiger charge is -2.34. The summed E-state index contributed by atoms with van der Waals surface area (Å²) in [5.74, 6) is -0.961. The molecule has 0 radical (unpaired) electrons. The number of benzene rings is 1. The van der Waals surface area contributed by atoms with Crippen LogP contribution in [0.1, 0.15) is 44.6 Å². The van der Waals surface area contributed by atoms with Crippen molar-refractivity contribution in [2.75, 3.05) is 11.9 Å². The number of para-hydroxylation sites is 1. The number of carbonyl (C=O) groups is 3. The molecule has 158 valence electrons. The van der Waals surface area contributed by atoms with E-state index in [1.807, 2.05) is 0 Å². The van der Waals surface area contributed by atoms with E-state index in [4.69, 9.17) is 11.6 Å². The average Bonchev–Trinajstić information content (AvgIpc) is 2.87. The van der Waals surface area contributed by atoms with Crippen molar-refractivity contribution in [2.24, 2.45) is 5.92 Å². The molecule has 1 aromatic carbocycles. The summed E-state index contributed by atoms with van der Waals surface area (Å²) in [5.41, 5.74) is -2.73. The van der Waals surface area contributed by atoms with Crippen molar-refractivity contribution in [3.05, 3.63) is 28.8 Å². The molecule has 2 fully saturated rings. The quantitative estimate of drug-likeness (QED) is 0.702. The molecule has 1 aliphatic carbocycles. The molecule has 1 spiro atoms. The van der Waals surface area contributed by atoms with Crippen molar-refractivity contribution in [3.8, 4) is 0 Å². The number of carbonyl (C=O) groups excluding carboxylic acids is 3. The molecule has 1 aromatic rings. The van der Waals surface area contributed by atoms with Crippen LogP contribution in [-0.2, 0) is 15.8 Å². The fraction of sp³-hybridized carbons (Fsp3) is 0.526. The predicted molar refractivity (Wildman–Crippen MR) is 100 cm³/mol. The van der Waals surface area contributed by atoms with E-state index in [0.29, 0.717) is 18.8 Å². The third-order valence-corrected chi connectivity index (χ3v) is 5.98. The number of rotatable bonds is 4. The topological polar surface area (TPSA) is 78.5 Å². The van der Waals surface area contributed by atoms with Crippen molar-refractivity contribution in [3.63, 3.8) is 0 Å². The van der Waals surface area contributed by atoms with Gasteiger partial charge in [0, 0.05) is 0 Å². The molecular weight excluding hydrogens is 411 g/mol. The van der Waals surface area contributed by atoms with Gasteiger partial charge < -0.3 is 10.6 Å². The molecule has 1 saturated heterocycles. The molecule has 0 bridgehead atoms. The Kier molecular flexibility index (Phi) is 5.80. The number of anilines is 1. The number of nitrogens with one attached hydrogen (secondary N) is 2. The number of halogens is 4. The molecule has 0 atom stereocenters. The normalized spacial score (nSPS) is 24.7. The molecule has 10 heteroatoms. The molecular formula is C19H21ClF3N3O3. The molecule has 3 rings (SSSR count). The number of amides is 4. The van der Waals surface area contributed by atoms with Crippen molar-refractivity contribution in [1.29, 1.82) is 0 Å². The van der Waals surface area contributed by atoms with Gasteiger partial charge in [-0.3, -0.25) is 14.5 Å². The fourth-order valence-electron chi connectivity index (χ4n) is 3.95. The monoisotopic (exact) mass is 431 g/mol. The van der Waals surface area contributed by atoms with Crippen LogP contribution < -0.4 is 10.6 Å². The van der Waals surface area contributed by atoms with E-state index < -0.39 is 47.4 Å². The first-order chi connectivity index (χ1) is 13.6. The second kappa shape index (κ2) is 7.85. The Morgan fingerprint density at radius 2 is 1.97 bits per heavy atom. The van der Waals surface area contributed by atoms with Crippen molar-refractivity contribution >= 4 is 35.1 Å². The van der Waals surface area contributed by atoms with Gasteiger partial charge in [0.1, 0.15) is 12.1 Å². The SMILES string of the molecule is CCC1CCC2(CC1)NC(=O)N(CC(=O)Nc1c(Cl)cccc1C(F)(F)F)C2=O. The summed E-state index contributed by atoms with van der Waals surface area (Å²) in [6.45, 7) is 1.38. The van der Waals surface area contributed by atoms with E-state index >= 15 is 0 Å². The van der Waals surface area contributed by atoms with Gasteiger partial charge in [-0.15, -0.1) is 0 Å². The summed E-state index contributed by atoms with van der Waals surface area (Å²) < 4.78 is 39.5. The summed E-state index contributed by atoms with van der Waals surface area (Å²) in [6.07, 6.45) is -1.19. The van der Waals surface area contributed by atoms with Crippen LogP contribution in [0.2, 0.25) is 5.02 Å². The number of imide groups is 1. The van der Waals surface area contributed by atoms with Gasteiger partial charge in [0.2, 0.25) is 5.91 Å². The van der Waals surface area contributed by atoms with Crippen LogP contribution >= 0.6 is 11.6 Å². The zero-order valence-corrected chi connectivity index (χ0v) is 16.5. The second-order valence-electron chi connectivity index (χ2n) is 7.46. The lowest BCUT2D eigenvalue weighted by molar-refractivity contribution is -0.137. The molecule has 2 N–H and O–H groups in total. The first kappa shape index (κ1) is 21.4. The number of alkyl halides is 3. The van der Waals surface area contributed by atoms with Crippen LogP contribution in [-0.4, -0.2) is 34.8 Å². The van der Waals surface area contributed by atoms with E-state index in [1.165, 1.54) is 6.07 Å². The molecule has 6 nitrogen and oxygen atoms in total. The Bertz CT molecular complexity index is 836.